The summed E-state index contributed by atoms with van der Waals surface area (Å²) in [6, 6.07) is 5.70. The topological polar surface area (TPSA) is 68.8 Å². The number of ether oxygens (including phenoxy) is 3. The lowest BCUT2D eigenvalue weighted by Gasteiger charge is -2.19. The van der Waals surface area contributed by atoms with Gasteiger partial charge in [0.05, 0.1) is 32.9 Å². The first-order valence-electron chi connectivity index (χ1n) is 10.5. The first-order valence-corrected chi connectivity index (χ1v) is 11.7. The van der Waals surface area contributed by atoms with Crippen LogP contribution < -0.4 is 20.1 Å². The molecule has 1 aliphatic rings. The molecule has 168 valence electrons. The minimum atomic E-state index is -0.309. The van der Waals surface area contributed by atoms with Gasteiger partial charge in [-0.05, 0) is 68.1 Å². The van der Waals surface area contributed by atoms with E-state index in [2.05, 4.69) is 10.6 Å². The van der Waals surface area contributed by atoms with Gasteiger partial charge in [0.25, 0.3) is 0 Å². The molecule has 1 heterocycles. The van der Waals surface area contributed by atoms with Crippen molar-refractivity contribution >= 4 is 39.6 Å². The molecular weight excluding hydrogens is 432 g/mol. The maximum atomic E-state index is 12.6. The van der Waals surface area contributed by atoms with E-state index >= 15 is 0 Å². The fourth-order valence-corrected chi connectivity index (χ4v) is 5.49. The van der Waals surface area contributed by atoms with E-state index < -0.39 is 0 Å². The molecule has 0 spiro atoms. The summed E-state index contributed by atoms with van der Waals surface area (Å²) in [5, 5.41) is 7.78. The van der Waals surface area contributed by atoms with Gasteiger partial charge in [0.2, 0.25) is 0 Å². The molecular formula is C23H30N2O4S2. The Labute approximate surface area is 193 Å². The molecule has 0 radical (unpaired) electrons. The van der Waals surface area contributed by atoms with Gasteiger partial charge in [0.15, 0.2) is 16.6 Å². The number of esters is 1. The van der Waals surface area contributed by atoms with Crippen LogP contribution >= 0.6 is 23.6 Å². The van der Waals surface area contributed by atoms with E-state index in [-0.39, 0.29) is 12.0 Å². The summed E-state index contributed by atoms with van der Waals surface area (Å²) in [6.45, 7) is 2.02. The fraction of sp³-hybridized carbons (Fsp3) is 0.478. The number of rotatable bonds is 6. The second kappa shape index (κ2) is 10.8. The van der Waals surface area contributed by atoms with E-state index in [0.29, 0.717) is 22.2 Å². The van der Waals surface area contributed by atoms with Crippen LogP contribution in [0, 0.1) is 0 Å². The Morgan fingerprint density at radius 2 is 1.77 bits per heavy atom. The van der Waals surface area contributed by atoms with Crippen LogP contribution in [0.4, 0.5) is 5.00 Å². The van der Waals surface area contributed by atoms with Crippen LogP contribution in [0.25, 0.3) is 0 Å². The van der Waals surface area contributed by atoms with Gasteiger partial charge in [-0.25, -0.2) is 4.79 Å². The van der Waals surface area contributed by atoms with Gasteiger partial charge in [-0.15, -0.1) is 11.3 Å². The molecule has 8 heteroatoms. The third-order valence-electron chi connectivity index (χ3n) is 5.54. The number of anilines is 1. The van der Waals surface area contributed by atoms with E-state index in [1.165, 1.54) is 24.8 Å². The molecule has 2 N–H and O–H groups in total. The van der Waals surface area contributed by atoms with E-state index in [9.17, 15) is 4.79 Å². The molecule has 1 atom stereocenters. The van der Waals surface area contributed by atoms with Crippen LogP contribution in [0.15, 0.2) is 18.2 Å². The monoisotopic (exact) mass is 462 g/mol. The zero-order valence-electron chi connectivity index (χ0n) is 18.5. The van der Waals surface area contributed by atoms with Gasteiger partial charge in [-0.3, -0.25) is 0 Å². The maximum absolute atomic E-state index is 12.6. The minimum absolute atomic E-state index is 0.0673. The normalized spacial score (nSPS) is 14.5. The van der Waals surface area contributed by atoms with Crippen molar-refractivity contribution in [1.82, 2.24) is 5.32 Å². The van der Waals surface area contributed by atoms with Crippen LogP contribution in [-0.2, 0) is 17.6 Å². The Morgan fingerprint density at radius 3 is 2.45 bits per heavy atom. The van der Waals surface area contributed by atoms with Crippen molar-refractivity contribution in [3.8, 4) is 11.5 Å². The van der Waals surface area contributed by atoms with Gasteiger partial charge < -0.3 is 24.8 Å². The molecule has 0 saturated carbocycles. The highest BCUT2D eigenvalue weighted by Crippen LogP contribution is 2.37. The number of fused-ring (bicyclic) bond motifs is 1. The van der Waals surface area contributed by atoms with E-state index in [4.69, 9.17) is 26.4 Å². The van der Waals surface area contributed by atoms with Gasteiger partial charge in [-0.2, -0.15) is 0 Å². The lowest BCUT2D eigenvalue weighted by atomic mass is 9.96. The van der Waals surface area contributed by atoms with Crippen LogP contribution in [0.1, 0.15) is 65.0 Å². The second-order valence-electron chi connectivity index (χ2n) is 7.55. The summed E-state index contributed by atoms with van der Waals surface area (Å²) in [5.41, 5.74) is 2.76. The summed E-state index contributed by atoms with van der Waals surface area (Å²) in [4.78, 5) is 13.8. The van der Waals surface area contributed by atoms with Gasteiger partial charge in [-0.1, -0.05) is 18.9 Å². The van der Waals surface area contributed by atoms with Crippen molar-refractivity contribution < 1.29 is 19.0 Å². The standard InChI is InChI=1S/C23H30N2O4S2/c1-14(15-11-12-17(27-2)18(13-15)28-3)24-23(30)25-21-20(22(26)29-4)16-9-7-5-6-8-10-19(16)31-21/h11-14H,5-10H2,1-4H3,(H2,24,25,30). The lowest BCUT2D eigenvalue weighted by Crippen LogP contribution is -2.31. The van der Waals surface area contributed by atoms with Crippen molar-refractivity contribution in [1.29, 1.82) is 0 Å². The van der Waals surface area contributed by atoms with E-state index in [1.807, 2.05) is 25.1 Å². The molecule has 0 amide bonds. The van der Waals surface area contributed by atoms with Crippen molar-refractivity contribution in [2.24, 2.45) is 0 Å². The number of benzene rings is 1. The third-order valence-corrected chi connectivity index (χ3v) is 6.97. The number of carbonyl (C=O) groups excluding carboxylic acids is 1. The molecule has 31 heavy (non-hydrogen) atoms. The zero-order valence-corrected chi connectivity index (χ0v) is 20.1. The third kappa shape index (κ3) is 5.49. The Bertz CT molecular complexity index is 942. The number of hydrogen-bond acceptors (Lipinski definition) is 6. The molecule has 1 aliphatic carbocycles. The summed E-state index contributed by atoms with van der Waals surface area (Å²) in [6.07, 6.45) is 6.56. The molecule has 6 nitrogen and oxygen atoms in total. The number of hydrogen-bond donors (Lipinski definition) is 2. The van der Waals surface area contributed by atoms with Crippen LogP contribution in [0.3, 0.4) is 0 Å². The SMILES string of the molecule is COC(=O)c1c(NC(=S)NC(C)c2ccc(OC)c(OC)c2)sc2c1CCCCCC2. The fourth-order valence-electron chi connectivity index (χ4n) is 3.87. The molecule has 2 aromatic rings. The van der Waals surface area contributed by atoms with Gasteiger partial charge >= 0.3 is 5.97 Å². The molecule has 1 aromatic heterocycles. The number of nitrogens with one attached hydrogen (secondary N) is 2. The van der Waals surface area contributed by atoms with Crippen LogP contribution in [-0.4, -0.2) is 32.4 Å². The number of thiophene rings is 1. The van der Waals surface area contributed by atoms with Crippen LogP contribution in [0.5, 0.6) is 11.5 Å². The maximum Gasteiger partial charge on any atom is 0.341 e. The molecule has 0 aliphatic heterocycles. The summed E-state index contributed by atoms with van der Waals surface area (Å²) in [7, 11) is 4.65. The predicted octanol–water partition coefficient (Wildman–Crippen LogP) is 5.26. The van der Waals surface area contributed by atoms with Gasteiger partial charge in [0.1, 0.15) is 5.00 Å². The molecule has 0 saturated heterocycles. The Kier molecular flexibility index (Phi) is 8.15. The molecule has 3 rings (SSSR count). The predicted molar refractivity (Wildman–Crippen MR) is 129 cm³/mol. The quantitative estimate of drug-likeness (QED) is 0.448. The average Bonchev–Trinajstić information content (AvgIpc) is 3.08. The van der Waals surface area contributed by atoms with Gasteiger partial charge in [0, 0.05) is 4.88 Å². The summed E-state index contributed by atoms with van der Waals surface area (Å²) in [5.74, 6) is 1.03. The lowest BCUT2D eigenvalue weighted by molar-refractivity contribution is 0.0601. The average molecular weight is 463 g/mol. The number of aryl methyl sites for hydroxylation is 1. The first kappa shape index (κ1) is 23.3. The van der Waals surface area contributed by atoms with Crippen molar-refractivity contribution in [2.45, 2.75) is 51.5 Å². The van der Waals surface area contributed by atoms with E-state index in [0.717, 1.165) is 41.8 Å². The van der Waals surface area contributed by atoms with Crippen molar-refractivity contribution in [2.75, 3.05) is 26.6 Å². The first-order chi connectivity index (χ1) is 15.0. The molecule has 0 fully saturated rings. The molecule has 0 bridgehead atoms. The van der Waals surface area contributed by atoms with Crippen molar-refractivity contribution in [3.05, 3.63) is 39.8 Å². The Morgan fingerprint density at radius 1 is 1.06 bits per heavy atom. The minimum Gasteiger partial charge on any atom is -0.493 e. The zero-order chi connectivity index (χ0) is 22.4. The highest BCUT2D eigenvalue weighted by atomic mass is 32.1. The molecule has 1 unspecified atom stereocenters. The van der Waals surface area contributed by atoms with Crippen LogP contribution in [0.2, 0.25) is 0 Å². The highest BCUT2D eigenvalue weighted by molar-refractivity contribution is 7.80. The summed E-state index contributed by atoms with van der Waals surface area (Å²) >= 11 is 7.19. The Hall–Kier alpha value is -2.32. The van der Waals surface area contributed by atoms with Crippen molar-refractivity contribution in [3.63, 3.8) is 0 Å². The number of thiocarbonyl (C=S) groups is 1. The smallest absolute Gasteiger partial charge is 0.341 e. The second-order valence-corrected chi connectivity index (χ2v) is 9.06. The summed E-state index contributed by atoms with van der Waals surface area (Å²) < 4.78 is 15.8. The number of methoxy groups -OCH3 is 3. The number of carbonyl (C=O) groups is 1. The molecule has 1 aromatic carbocycles. The Balaban J connectivity index is 1.78. The highest BCUT2D eigenvalue weighted by Gasteiger charge is 2.25. The largest absolute Gasteiger partial charge is 0.493 e. The van der Waals surface area contributed by atoms with E-state index in [1.54, 1.807) is 25.6 Å².